The maximum Gasteiger partial charge on any atom is 0.262 e. The molecule has 0 bridgehead atoms. The molecule has 8 heteroatoms. The van der Waals surface area contributed by atoms with Crippen LogP contribution in [0.4, 0.5) is 0 Å². The number of nitrogens with zero attached hydrogens (tertiary/aromatic N) is 2. The molecule has 0 spiro atoms. The predicted molar refractivity (Wildman–Crippen MR) is 97.4 cm³/mol. The standard InChI is InChI=1S/C18H18BrN3O4/c1-24-16-9-12(8-15(19)17(16)26-6-4-20)7-13(10-21)18(23)22-11-14-3-2-5-25-14/h7-9,14H,2-3,5-6,11H2,1H3,(H,22,23)/b13-7+/t14-/m1/s1. The summed E-state index contributed by atoms with van der Waals surface area (Å²) >= 11 is 3.35. The van der Waals surface area contributed by atoms with Crippen LogP contribution in [0.3, 0.4) is 0 Å². The number of rotatable bonds is 7. The molecule has 1 fully saturated rings. The topological polar surface area (TPSA) is 104 Å². The van der Waals surface area contributed by atoms with E-state index < -0.39 is 5.91 Å². The molecule has 1 saturated heterocycles. The summed E-state index contributed by atoms with van der Waals surface area (Å²) in [4.78, 5) is 12.2. The van der Waals surface area contributed by atoms with Gasteiger partial charge in [0.1, 0.15) is 17.7 Å². The van der Waals surface area contributed by atoms with Crippen molar-refractivity contribution in [2.45, 2.75) is 18.9 Å². The number of nitriles is 2. The Morgan fingerprint density at radius 1 is 1.50 bits per heavy atom. The molecule has 7 nitrogen and oxygen atoms in total. The van der Waals surface area contributed by atoms with Crippen LogP contribution in [0.15, 0.2) is 22.2 Å². The van der Waals surface area contributed by atoms with Gasteiger partial charge in [-0.15, -0.1) is 0 Å². The highest BCUT2D eigenvalue weighted by Crippen LogP contribution is 2.37. The first kappa shape index (κ1) is 19.8. The Hall–Kier alpha value is -2.55. The van der Waals surface area contributed by atoms with E-state index in [1.807, 2.05) is 12.1 Å². The molecule has 0 unspecified atom stereocenters. The number of benzene rings is 1. The van der Waals surface area contributed by atoms with Crippen molar-refractivity contribution in [3.05, 3.63) is 27.7 Å². The van der Waals surface area contributed by atoms with E-state index in [9.17, 15) is 10.1 Å². The first-order valence-corrected chi connectivity index (χ1v) is 8.77. The minimum Gasteiger partial charge on any atom is -0.493 e. The maximum absolute atomic E-state index is 12.2. The summed E-state index contributed by atoms with van der Waals surface area (Å²) in [6.07, 6.45) is 3.35. The molecule has 0 aromatic heterocycles. The molecule has 136 valence electrons. The molecule has 1 amide bonds. The average molecular weight is 420 g/mol. The highest BCUT2D eigenvalue weighted by molar-refractivity contribution is 9.10. The zero-order chi connectivity index (χ0) is 18.9. The number of carbonyl (C=O) groups excluding carboxylic acids is 1. The molecule has 2 rings (SSSR count). The monoisotopic (exact) mass is 419 g/mol. The number of methoxy groups -OCH3 is 1. The van der Waals surface area contributed by atoms with Gasteiger partial charge in [-0.3, -0.25) is 4.79 Å². The summed E-state index contributed by atoms with van der Waals surface area (Å²) in [6.45, 7) is 0.959. The van der Waals surface area contributed by atoms with Crippen molar-refractivity contribution < 1.29 is 19.0 Å². The first-order chi connectivity index (χ1) is 12.6. The summed E-state index contributed by atoms with van der Waals surface area (Å²) in [7, 11) is 1.47. The van der Waals surface area contributed by atoms with Crippen molar-refractivity contribution in [3.63, 3.8) is 0 Å². The highest BCUT2D eigenvalue weighted by atomic mass is 79.9. The van der Waals surface area contributed by atoms with Crippen LogP contribution in [-0.2, 0) is 9.53 Å². The second-order valence-corrected chi connectivity index (χ2v) is 6.35. The maximum atomic E-state index is 12.2. The minimum atomic E-state index is -0.456. The van der Waals surface area contributed by atoms with Gasteiger partial charge < -0.3 is 19.5 Å². The van der Waals surface area contributed by atoms with Gasteiger partial charge >= 0.3 is 0 Å². The predicted octanol–water partition coefficient (Wildman–Crippen LogP) is 2.56. The minimum absolute atomic E-state index is 0.00435. The Kier molecular flexibility index (Phi) is 7.46. The van der Waals surface area contributed by atoms with Crippen molar-refractivity contribution >= 4 is 27.9 Å². The molecule has 1 aliphatic heterocycles. The summed E-state index contributed by atoms with van der Waals surface area (Å²) in [5.41, 5.74) is 0.560. The molecule has 1 atom stereocenters. The van der Waals surface area contributed by atoms with Crippen molar-refractivity contribution in [2.75, 3.05) is 26.9 Å². The van der Waals surface area contributed by atoms with E-state index in [0.29, 0.717) is 34.7 Å². The lowest BCUT2D eigenvalue weighted by Gasteiger charge is -2.12. The molecular weight excluding hydrogens is 402 g/mol. The molecule has 1 N–H and O–H groups in total. The molecule has 0 saturated carbocycles. The van der Waals surface area contributed by atoms with Crippen molar-refractivity contribution in [3.8, 4) is 23.6 Å². The quantitative estimate of drug-likeness (QED) is 0.537. The Bertz CT molecular complexity index is 774. The summed E-state index contributed by atoms with van der Waals surface area (Å²) in [5.74, 6) is 0.313. The third kappa shape index (κ3) is 5.22. The van der Waals surface area contributed by atoms with Crippen LogP contribution in [0.25, 0.3) is 6.08 Å². The molecule has 1 aliphatic rings. The fraction of sp³-hybridized carbons (Fsp3) is 0.389. The first-order valence-electron chi connectivity index (χ1n) is 7.98. The number of halogens is 1. The third-order valence-corrected chi connectivity index (χ3v) is 4.31. The van der Waals surface area contributed by atoms with Crippen molar-refractivity contribution in [2.24, 2.45) is 0 Å². The summed E-state index contributed by atoms with van der Waals surface area (Å²) in [5, 5.41) is 20.7. The molecule has 1 aromatic carbocycles. The summed E-state index contributed by atoms with van der Waals surface area (Å²) in [6, 6.07) is 7.10. The molecule has 1 heterocycles. The van der Waals surface area contributed by atoms with E-state index >= 15 is 0 Å². The number of hydrogen-bond acceptors (Lipinski definition) is 6. The summed E-state index contributed by atoms with van der Waals surface area (Å²) < 4.78 is 16.6. The van der Waals surface area contributed by atoms with E-state index in [4.69, 9.17) is 19.5 Å². The van der Waals surface area contributed by atoms with Crippen LogP contribution < -0.4 is 14.8 Å². The second kappa shape index (κ2) is 9.81. The van der Waals surface area contributed by atoms with Gasteiger partial charge in [0.25, 0.3) is 5.91 Å². The van der Waals surface area contributed by atoms with Gasteiger partial charge in [-0.2, -0.15) is 10.5 Å². The normalized spacial score (nSPS) is 16.5. The van der Waals surface area contributed by atoms with Gasteiger partial charge in [-0.05, 0) is 52.5 Å². The number of hydrogen-bond donors (Lipinski definition) is 1. The Labute approximate surface area is 160 Å². The second-order valence-electron chi connectivity index (χ2n) is 5.50. The SMILES string of the molecule is COc1cc(/C=C(\C#N)C(=O)NC[C@H]2CCCO2)cc(Br)c1OCC#N. The molecule has 26 heavy (non-hydrogen) atoms. The van der Waals surface area contributed by atoms with Crippen LogP contribution in [0.1, 0.15) is 18.4 Å². The molecule has 0 radical (unpaired) electrons. The number of ether oxygens (including phenoxy) is 3. The van der Waals surface area contributed by atoms with E-state index in [2.05, 4.69) is 21.2 Å². The largest absolute Gasteiger partial charge is 0.493 e. The van der Waals surface area contributed by atoms with Crippen molar-refractivity contribution in [1.82, 2.24) is 5.32 Å². The fourth-order valence-corrected chi connectivity index (χ4v) is 3.06. The van der Waals surface area contributed by atoms with E-state index in [0.717, 1.165) is 12.8 Å². The number of carbonyl (C=O) groups is 1. The van der Waals surface area contributed by atoms with Gasteiger partial charge in [-0.1, -0.05) is 0 Å². The van der Waals surface area contributed by atoms with Gasteiger partial charge in [0.05, 0.1) is 17.7 Å². The average Bonchev–Trinajstić information content (AvgIpc) is 3.16. The van der Waals surface area contributed by atoms with Crippen LogP contribution in [0.5, 0.6) is 11.5 Å². The molecule has 0 aliphatic carbocycles. The fourth-order valence-electron chi connectivity index (χ4n) is 2.49. The number of nitrogens with one attached hydrogen (secondary N) is 1. The lowest BCUT2D eigenvalue weighted by molar-refractivity contribution is -0.117. The Balaban J connectivity index is 2.16. The van der Waals surface area contributed by atoms with Crippen LogP contribution in [0, 0.1) is 22.7 Å². The van der Waals surface area contributed by atoms with Crippen LogP contribution in [0.2, 0.25) is 0 Å². The number of amides is 1. The highest BCUT2D eigenvalue weighted by Gasteiger charge is 2.18. The zero-order valence-electron chi connectivity index (χ0n) is 14.3. The van der Waals surface area contributed by atoms with Gasteiger partial charge in [-0.25, -0.2) is 0 Å². The molecular formula is C18H18BrN3O4. The Morgan fingerprint density at radius 3 is 2.92 bits per heavy atom. The smallest absolute Gasteiger partial charge is 0.262 e. The van der Waals surface area contributed by atoms with E-state index in [-0.39, 0.29) is 18.3 Å². The van der Waals surface area contributed by atoms with Crippen molar-refractivity contribution in [1.29, 1.82) is 10.5 Å². The van der Waals surface area contributed by atoms with Gasteiger partial charge in [0.15, 0.2) is 18.1 Å². The van der Waals surface area contributed by atoms with E-state index in [1.54, 1.807) is 12.1 Å². The lowest BCUT2D eigenvalue weighted by atomic mass is 10.1. The molecule has 1 aromatic rings. The van der Waals surface area contributed by atoms with Crippen LogP contribution in [-0.4, -0.2) is 38.9 Å². The van der Waals surface area contributed by atoms with Gasteiger partial charge in [0.2, 0.25) is 0 Å². The van der Waals surface area contributed by atoms with E-state index in [1.165, 1.54) is 13.2 Å². The zero-order valence-corrected chi connectivity index (χ0v) is 15.8. The third-order valence-electron chi connectivity index (χ3n) is 3.72. The van der Waals surface area contributed by atoms with Gasteiger partial charge in [0, 0.05) is 13.2 Å². The van der Waals surface area contributed by atoms with Crippen LogP contribution >= 0.6 is 15.9 Å². The Morgan fingerprint density at radius 2 is 2.31 bits per heavy atom. The lowest BCUT2D eigenvalue weighted by Crippen LogP contribution is -2.32.